The van der Waals surface area contributed by atoms with Crippen molar-refractivity contribution < 1.29 is 9.53 Å². The number of halogens is 2. The molecule has 0 unspecified atom stereocenters. The number of benzene rings is 1. The summed E-state index contributed by atoms with van der Waals surface area (Å²) in [5.74, 6) is 0.386. The Morgan fingerprint density at radius 1 is 1.22 bits per heavy atom. The highest BCUT2D eigenvalue weighted by atomic mass is 35.5. The summed E-state index contributed by atoms with van der Waals surface area (Å²) in [7, 11) is 0. The molecule has 3 rings (SSSR count). The number of rotatable bonds is 7. The van der Waals surface area contributed by atoms with Crippen molar-refractivity contribution in [1.29, 1.82) is 0 Å². The number of carbonyl (C=O) groups is 1. The zero-order valence-corrected chi connectivity index (χ0v) is 16.7. The van der Waals surface area contributed by atoms with Crippen LogP contribution in [-0.2, 0) is 6.61 Å². The Hall–Kier alpha value is -2.28. The van der Waals surface area contributed by atoms with Crippen LogP contribution in [0.15, 0.2) is 48.8 Å². The van der Waals surface area contributed by atoms with Crippen LogP contribution < -0.4 is 15.8 Å². The molecule has 3 N–H and O–H groups in total. The number of hydrogen-bond acceptors (Lipinski definition) is 4. The number of imidazole rings is 1. The maximum atomic E-state index is 12.3. The Morgan fingerprint density at radius 3 is 2.74 bits per heavy atom. The number of aryl methyl sites for hydroxylation is 1. The van der Waals surface area contributed by atoms with Crippen molar-refractivity contribution in [3.63, 3.8) is 0 Å². The second kappa shape index (κ2) is 10.8. The van der Waals surface area contributed by atoms with Crippen molar-refractivity contribution in [1.82, 2.24) is 14.7 Å². The number of nitrogens with zero attached hydrogens (tertiary/aromatic N) is 2. The van der Waals surface area contributed by atoms with Gasteiger partial charge in [0, 0.05) is 18.9 Å². The first-order valence-corrected chi connectivity index (χ1v) is 8.32. The predicted molar refractivity (Wildman–Crippen MR) is 111 cm³/mol. The lowest BCUT2D eigenvalue weighted by atomic mass is 10.2. The maximum Gasteiger partial charge on any atom is 0.255 e. The minimum atomic E-state index is -0.158. The number of ether oxygens (including phenoxy) is 1. The van der Waals surface area contributed by atoms with Crippen LogP contribution in [0.1, 0.15) is 28.0 Å². The fourth-order valence-electron chi connectivity index (χ4n) is 2.60. The summed E-state index contributed by atoms with van der Waals surface area (Å²) >= 11 is 0. The molecule has 0 aliphatic rings. The molecule has 2 aromatic heterocycles. The fourth-order valence-corrected chi connectivity index (χ4v) is 2.60. The van der Waals surface area contributed by atoms with Crippen molar-refractivity contribution in [2.24, 2.45) is 5.73 Å². The zero-order chi connectivity index (χ0) is 17.6. The van der Waals surface area contributed by atoms with E-state index in [1.165, 1.54) is 0 Å². The van der Waals surface area contributed by atoms with Crippen LogP contribution in [-0.4, -0.2) is 28.4 Å². The van der Waals surface area contributed by atoms with Crippen LogP contribution in [0.2, 0.25) is 0 Å². The third-order valence-corrected chi connectivity index (χ3v) is 3.90. The molecular weight excluding hydrogens is 387 g/mol. The van der Waals surface area contributed by atoms with E-state index in [9.17, 15) is 4.79 Å². The highest BCUT2D eigenvalue weighted by Gasteiger charge is 2.12. The third-order valence-electron chi connectivity index (χ3n) is 3.90. The summed E-state index contributed by atoms with van der Waals surface area (Å²) in [6.07, 6.45) is 4.64. The number of para-hydroxylation sites is 1. The van der Waals surface area contributed by atoms with Gasteiger partial charge >= 0.3 is 0 Å². The molecule has 2 heterocycles. The molecule has 0 radical (unpaired) electrons. The zero-order valence-electron chi connectivity index (χ0n) is 15.1. The Kier molecular flexibility index (Phi) is 9.08. The monoisotopic (exact) mass is 410 g/mol. The van der Waals surface area contributed by atoms with Crippen molar-refractivity contribution in [2.75, 3.05) is 13.1 Å². The first-order valence-electron chi connectivity index (χ1n) is 8.32. The Labute approximate surface area is 170 Å². The van der Waals surface area contributed by atoms with E-state index in [4.69, 9.17) is 10.5 Å². The van der Waals surface area contributed by atoms with Gasteiger partial charge < -0.3 is 20.2 Å². The number of hydrogen-bond donors (Lipinski definition) is 2. The normalized spacial score (nSPS) is 10.0. The van der Waals surface area contributed by atoms with Gasteiger partial charge in [-0.25, -0.2) is 4.98 Å². The SMILES string of the molecule is Cc1cccn2cc(COc3ccccc3C(=O)NCCCN)nc12.Cl.Cl. The van der Waals surface area contributed by atoms with Crippen LogP contribution >= 0.6 is 24.8 Å². The lowest BCUT2D eigenvalue weighted by molar-refractivity contribution is 0.0949. The fraction of sp³-hybridized carbons (Fsp3) is 0.263. The molecule has 0 fully saturated rings. The summed E-state index contributed by atoms with van der Waals surface area (Å²) in [4.78, 5) is 16.9. The van der Waals surface area contributed by atoms with E-state index in [-0.39, 0.29) is 30.7 Å². The molecule has 3 aromatic rings. The minimum absolute atomic E-state index is 0. The summed E-state index contributed by atoms with van der Waals surface area (Å²) in [6, 6.07) is 11.2. The minimum Gasteiger partial charge on any atom is -0.486 e. The number of fused-ring (bicyclic) bond motifs is 1. The third kappa shape index (κ3) is 5.60. The predicted octanol–water partition coefficient (Wildman–Crippen LogP) is 3.14. The molecule has 27 heavy (non-hydrogen) atoms. The lowest BCUT2D eigenvalue weighted by Gasteiger charge is -2.10. The number of aromatic nitrogens is 2. The molecule has 146 valence electrons. The number of nitrogens with two attached hydrogens (primary N) is 1. The molecule has 0 saturated carbocycles. The van der Waals surface area contributed by atoms with Crippen LogP contribution in [0.25, 0.3) is 5.65 Å². The van der Waals surface area contributed by atoms with Crippen molar-refractivity contribution in [3.05, 3.63) is 65.6 Å². The van der Waals surface area contributed by atoms with E-state index in [1.54, 1.807) is 12.1 Å². The average molecular weight is 411 g/mol. The number of pyridine rings is 1. The Morgan fingerprint density at radius 2 is 2.00 bits per heavy atom. The molecule has 1 amide bonds. The van der Waals surface area contributed by atoms with Crippen LogP contribution in [0, 0.1) is 6.92 Å². The summed E-state index contributed by atoms with van der Waals surface area (Å²) < 4.78 is 7.83. The number of amides is 1. The van der Waals surface area contributed by atoms with E-state index < -0.39 is 0 Å². The van der Waals surface area contributed by atoms with Gasteiger partial charge in [0.25, 0.3) is 5.91 Å². The second-order valence-corrected chi connectivity index (χ2v) is 5.84. The van der Waals surface area contributed by atoms with Gasteiger partial charge in [0.2, 0.25) is 0 Å². The van der Waals surface area contributed by atoms with Crippen LogP contribution in [0.4, 0.5) is 0 Å². The largest absolute Gasteiger partial charge is 0.486 e. The average Bonchev–Trinajstić information content (AvgIpc) is 3.05. The summed E-state index contributed by atoms with van der Waals surface area (Å²) in [5.41, 5.74) is 8.80. The van der Waals surface area contributed by atoms with Gasteiger partial charge in [-0.15, -0.1) is 24.8 Å². The molecule has 6 nitrogen and oxygen atoms in total. The standard InChI is InChI=1S/C19H22N4O2.2ClH/c1-14-6-4-11-23-12-15(22-18(14)23)13-25-17-8-3-2-7-16(17)19(24)21-10-5-9-20;;/h2-4,6-8,11-12H,5,9-10,13,20H2,1H3,(H,21,24);2*1H. The molecule has 1 aromatic carbocycles. The molecular formula is C19H24Cl2N4O2. The van der Waals surface area contributed by atoms with Crippen molar-refractivity contribution in [2.45, 2.75) is 20.0 Å². The lowest BCUT2D eigenvalue weighted by Crippen LogP contribution is -2.26. The van der Waals surface area contributed by atoms with E-state index in [0.717, 1.165) is 23.3 Å². The molecule has 0 bridgehead atoms. The first-order chi connectivity index (χ1) is 12.2. The molecule has 0 aliphatic heterocycles. The van der Waals surface area contributed by atoms with E-state index in [0.29, 0.717) is 31.0 Å². The van der Waals surface area contributed by atoms with Gasteiger partial charge in [-0.05, 0) is 43.7 Å². The summed E-state index contributed by atoms with van der Waals surface area (Å²) in [6.45, 7) is 3.42. The molecule has 8 heteroatoms. The quantitative estimate of drug-likeness (QED) is 0.586. The van der Waals surface area contributed by atoms with Gasteiger partial charge in [0.1, 0.15) is 18.0 Å². The Balaban J connectivity index is 0.00000182. The number of carbonyl (C=O) groups excluding carboxylic acids is 1. The van der Waals surface area contributed by atoms with Gasteiger partial charge in [0.05, 0.1) is 11.3 Å². The van der Waals surface area contributed by atoms with Crippen LogP contribution in [0.3, 0.4) is 0 Å². The highest BCUT2D eigenvalue weighted by Crippen LogP contribution is 2.19. The van der Waals surface area contributed by atoms with Gasteiger partial charge in [-0.2, -0.15) is 0 Å². The van der Waals surface area contributed by atoms with E-state index in [1.807, 2.05) is 48.0 Å². The molecule has 0 atom stereocenters. The van der Waals surface area contributed by atoms with Crippen LogP contribution in [0.5, 0.6) is 5.75 Å². The molecule has 0 aliphatic carbocycles. The van der Waals surface area contributed by atoms with Gasteiger partial charge in [0.15, 0.2) is 0 Å². The van der Waals surface area contributed by atoms with E-state index in [2.05, 4.69) is 10.3 Å². The molecule has 0 saturated heterocycles. The first kappa shape index (κ1) is 22.8. The smallest absolute Gasteiger partial charge is 0.255 e. The molecule has 0 spiro atoms. The van der Waals surface area contributed by atoms with Crippen molar-refractivity contribution in [3.8, 4) is 5.75 Å². The highest BCUT2D eigenvalue weighted by molar-refractivity contribution is 5.96. The summed E-state index contributed by atoms with van der Waals surface area (Å²) in [5, 5.41) is 2.85. The topological polar surface area (TPSA) is 81.7 Å². The second-order valence-electron chi connectivity index (χ2n) is 5.84. The van der Waals surface area contributed by atoms with Gasteiger partial charge in [-0.3, -0.25) is 4.79 Å². The van der Waals surface area contributed by atoms with Crippen molar-refractivity contribution >= 4 is 36.4 Å². The van der Waals surface area contributed by atoms with E-state index >= 15 is 0 Å². The van der Waals surface area contributed by atoms with Gasteiger partial charge in [-0.1, -0.05) is 18.2 Å². The maximum absolute atomic E-state index is 12.3. The number of nitrogens with one attached hydrogen (secondary N) is 1. The Bertz CT molecular complexity index is 883.